The molecule has 1 aromatic carbocycles. The van der Waals surface area contributed by atoms with E-state index < -0.39 is 12.0 Å². The summed E-state index contributed by atoms with van der Waals surface area (Å²) in [5.74, 6) is -0.815. The van der Waals surface area contributed by atoms with Crippen LogP contribution in [-0.2, 0) is 4.79 Å². The van der Waals surface area contributed by atoms with Gasteiger partial charge in [-0.2, -0.15) is 0 Å². The number of para-hydroxylation sites is 1. The van der Waals surface area contributed by atoms with Gasteiger partial charge in [0.1, 0.15) is 6.04 Å². The molecule has 0 radical (unpaired) electrons. The summed E-state index contributed by atoms with van der Waals surface area (Å²) in [5.41, 5.74) is 1.55. The van der Waals surface area contributed by atoms with Crippen molar-refractivity contribution in [2.24, 2.45) is 0 Å². The van der Waals surface area contributed by atoms with Gasteiger partial charge in [0.05, 0.1) is 5.52 Å². The third-order valence-electron chi connectivity index (χ3n) is 3.71. The maximum absolute atomic E-state index is 11.8. The molecule has 2 heterocycles. The molecule has 5 nitrogen and oxygen atoms in total. The minimum absolute atomic E-state index is 0.629. The minimum atomic E-state index is -0.815. The molecular weight excluding hydrogens is 254 g/mol. The molecule has 20 heavy (non-hydrogen) atoms. The van der Waals surface area contributed by atoms with Crippen molar-refractivity contribution in [3.63, 3.8) is 0 Å². The number of nitrogens with zero attached hydrogens (tertiary/aromatic N) is 2. The molecule has 3 rings (SSSR count). The summed E-state index contributed by atoms with van der Waals surface area (Å²) in [7, 11) is 0. The predicted octanol–water partition coefficient (Wildman–Crippen LogP) is 1.27. The number of aromatic nitrogens is 1. The molecule has 0 saturated carbocycles. The zero-order chi connectivity index (χ0) is 13.9. The molecular formula is C15H17N3O2. The number of carboxylic acids is 1. The molecule has 1 fully saturated rings. The van der Waals surface area contributed by atoms with Crippen LogP contribution in [0.5, 0.6) is 0 Å². The summed E-state index contributed by atoms with van der Waals surface area (Å²) >= 11 is 0. The first-order valence-corrected chi connectivity index (χ1v) is 6.78. The Morgan fingerprint density at radius 1 is 1.25 bits per heavy atom. The van der Waals surface area contributed by atoms with Gasteiger partial charge in [-0.25, -0.2) is 0 Å². The Hall–Kier alpha value is -1.98. The molecule has 2 N–H and O–H groups in total. The summed E-state index contributed by atoms with van der Waals surface area (Å²) < 4.78 is 0. The SMILES string of the molecule is O=C(O)C(c1cccc2cccnc12)N1CCNCC1. The maximum Gasteiger partial charge on any atom is 0.325 e. The van der Waals surface area contributed by atoms with Crippen molar-refractivity contribution >= 4 is 16.9 Å². The van der Waals surface area contributed by atoms with Gasteiger partial charge >= 0.3 is 5.97 Å². The summed E-state index contributed by atoms with van der Waals surface area (Å²) in [6.45, 7) is 3.12. The largest absolute Gasteiger partial charge is 0.480 e. The van der Waals surface area contributed by atoms with Gasteiger partial charge in [-0.1, -0.05) is 24.3 Å². The lowest BCUT2D eigenvalue weighted by atomic mass is 10.0. The molecule has 5 heteroatoms. The molecule has 2 aromatic rings. The van der Waals surface area contributed by atoms with Crippen LogP contribution >= 0.6 is 0 Å². The van der Waals surface area contributed by atoms with Crippen LogP contribution in [0.3, 0.4) is 0 Å². The first-order valence-electron chi connectivity index (χ1n) is 6.78. The summed E-state index contributed by atoms with van der Waals surface area (Å²) in [5, 5.41) is 13.9. The van der Waals surface area contributed by atoms with Crippen molar-refractivity contribution in [3.05, 3.63) is 42.1 Å². The van der Waals surface area contributed by atoms with E-state index in [1.54, 1.807) is 6.20 Å². The Balaban J connectivity index is 2.07. The van der Waals surface area contributed by atoms with Crippen molar-refractivity contribution < 1.29 is 9.90 Å². The monoisotopic (exact) mass is 271 g/mol. The van der Waals surface area contributed by atoms with E-state index >= 15 is 0 Å². The number of benzene rings is 1. The van der Waals surface area contributed by atoms with Crippen molar-refractivity contribution in [3.8, 4) is 0 Å². The molecule has 1 aromatic heterocycles. The fraction of sp³-hybridized carbons (Fsp3) is 0.333. The van der Waals surface area contributed by atoms with E-state index in [1.165, 1.54) is 0 Å². The van der Waals surface area contributed by atoms with Crippen LogP contribution in [0.15, 0.2) is 36.5 Å². The number of hydrogen-bond acceptors (Lipinski definition) is 4. The van der Waals surface area contributed by atoms with E-state index in [2.05, 4.69) is 10.3 Å². The number of carboxylic acid groups (broad SMARTS) is 1. The Labute approximate surface area is 117 Å². The molecule has 0 aliphatic carbocycles. The quantitative estimate of drug-likeness (QED) is 0.880. The maximum atomic E-state index is 11.8. The lowest BCUT2D eigenvalue weighted by molar-refractivity contribution is -0.143. The Kier molecular flexibility index (Phi) is 3.62. The van der Waals surface area contributed by atoms with Crippen LogP contribution in [0.1, 0.15) is 11.6 Å². The summed E-state index contributed by atoms with van der Waals surface area (Å²) in [6.07, 6.45) is 1.71. The topological polar surface area (TPSA) is 65.5 Å². The van der Waals surface area contributed by atoms with Crippen molar-refractivity contribution in [1.82, 2.24) is 15.2 Å². The summed E-state index contributed by atoms with van der Waals surface area (Å²) in [4.78, 5) is 18.1. The third kappa shape index (κ3) is 2.37. The number of pyridine rings is 1. The van der Waals surface area contributed by atoms with Gasteiger partial charge < -0.3 is 10.4 Å². The predicted molar refractivity (Wildman–Crippen MR) is 76.6 cm³/mol. The van der Waals surface area contributed by atoms with Gasteiger partial charge in [0.25, 0.3) is 0 Å². The zero-order valence-electron chi connectivity index (χ0n) is 11.1. The number of carbonyl (C=O) groups is 1. The zero-order valence-corrected chi connectivity index (χ0v) is 11.1. The van der Waals surface area contributed by atoms with E-state index in [9.17, 15) is 9.90 Å². The lowest BCUT2D eigenvalue weighted by Crippen LogP contribution is -2.47. The van der Waals surface area contributed by atoms with Crippen molar-refractivity contribution in [1.29, 1.82) is 0 Å². The highest BCUT2D eigenvalue weighted by molar-refractivity contribution is 5.87. The molecule has 1 atom stereocenters. The van der Waals surface area contributed by atoms with Gasteiger partial charge in [0.15, 0.2) is 0 Å². The standard InChI is InChI=1S/C15H17N3O2/c19-15(20)14(18-9-7-16-8-10-18)12-5-1-3-11-4-2-6-17-13(11)12/h1-6,14,16H,7-10H2,(H,19,20). The number of nitrogens with one attached hydrogen (secondary N) is 1. The second-order valence-electron chi connectivity index (χ2n) is 4.95. The molecule has 1 saturated heterocycles. The van der Waals surface area contributed by atoms with Gasteiger partial charge in [0.2, 0.25) is 0 Å². The fourth-order valence-electron chi connectivity index (χ4n) is 2.77. The molecule has 1 aliphatic rings. The van der Waals surface area contributed by atoms with Crippen molar-refractivity contribution in [2.45, 2.75) is 6.04 Å². The Morgan fingerprint density at radius 2 is 2.00 bits per heavy atom. The molecule has 0 amide bonds. The first kappa shape index (κ1) is 13.0. The average molecular weight is 271 g/mol. The van der Waals surface area contributed by atoms with Crippen LogP contribution in [0.4, 0.5) is 0 Å². The van der Waals surface area contributed by atoms with Gasteiger partial charge in [0, 0.05) is 43.3 Å². The van der Waals surface area contributed by atoms with E-state index in [0.29, 0.717) is 0 Å². The highest BCUT2D eigenvalue weighted by Gasteiger charge is 2.29. The lowest BCUT2D eigenvalue weighted by Gasteiger charge is -2.32. The van der Waals surface area contributed by atoms with E-state index in [4.69, 9.17) is 0 Å². The molecule has 104 valence electrons. The van der Waals surface area contributed by atoms with Gasteiger partial charge in [-0.15, -0.1) is 0 Å². The highest BCUT2D eigenvalue weighted by Crippen LogP contribution is 2.27. The fourth-order valence-corrected chi connectivity index (χ4v) is 2.77. The number of fused-ring (bicyclic) bond motifs is 1. The highest BCUT2D eigenvalue weighted by atomic mass is 16.4. The first-order chi connectivity index (χ1) is 9.77. The number of aliphatic carboxylic acids is 1. The van der Waals surface area contributed by atoms with E-state index in [0.717, 1.165) is 42.6 Å². The van der Waals surface area contributed by atoms with Crippen LogP contribution in [-0.4, -0.2) is 47.1 Å². The molecule has 0 bridgehead atoms. The van der Waals surface area contributed by atoms with Crippen LogP contribution < -0.4 is 5.32 Å². The van der Waals surface area contributed by atoms with Crippen LogP contribution in [0, 0.1) is 0 Å². The third-order valence-corrected chi connectivity index (χ3v) is 3.71. The molecule has 1 unspecified atom stereocenters. The number of piperazine rings is 1. The van der Waals surface area contributed by atoms with Crippen LogP contribution in [0.25, 0.3) is 10.9 Å². The Morgan fingerprint density at radius 3 is 2.75 bits per heavy atom. The van der Waals surface area contributed by atoms with E-state index in [1.807, 2.05) is 35.2 Å². The smallest absolute Gasteiger partial charge is 0.325 e. The molecule has 0 spiro atoms. The van der Waals surface area contributed by atoms with E-state index in [-0.39, 0.29) is 0 Å². The molecule has 1 aliphatic heterocycles. The normalized spacial score (nSPS) is 18.0. The van der Waals surface area contributed by atoms with Crippen molar-refractivity contribution in [2.75, 3.05) is 26.2 Å². The Bertz CT molecular complexity index is 618. The summed E-state index contributed by atoms with van der Waals surface area (Å²) in [6, 6.07) is 8.93. The minimum Gasteiger partial charge on any atom is -0.480 e. The number of hydrogen-bond donors (Lipinski definition) is 2. The van der Waals surface area contributed by atoms with Crippen LogP contribution in [0.2, 0.25) is 0 Å². The number of rotatable bonds is 3. The second kappa shape index (κ2) is 5.56. The average Bonchev–Trinajstić information content (AvgIpc) is 2.48. The van der Waals surface area contributed by atoms with Gasteiger partial charge in [-0.05, 0) is 6.07 Å². The second-order valence-corrected chi connectivity index (χ2v) is 4.95. The van der Waals surface area contributed by atoms with Gasteiger partial charge in [-0.3, -0.25) is 14.7 Å².